The van der Waals surface area contributed by atoms with E-state index in [9.17, 15) is 4.79 Å². The van der Waals surface area contributed by atoms with Crippen molar-refractivity contribution in [3.8, 4) is 0 Å². The Balaban J connectivity index is 2.33. The number of methoxy groups -OCH3 is 1. The van der Waals surface area contributed by atoms with E-state index in [-0.39, 0.29) is 11.8 Å². The quantitative estimate of drug-likeness (QED) is 0.510. The first kappa shape index (κ1) is 13.4. The summed E-state index contributed by atoms with van der Waals surface area (Å²) in [4.78, 5) is 14.3. The minimum Gasteiger partial charge on any atom is -0.393 e. The van der Waals surface area contributed by atoms with Crippen molar-refractivity contribution in [2.45, 2.75) is 25.7 Å². The predicted molar refractivity (Wildman–Crippen MR) is 67.2 cm³/mol. The van der Waals surface area contributed by atoms with Gasteiger partial charge in [0.1, 0.15) is 0 Å². The van der Waals surface area contributed by atoms with Gasteiger partial charge in [0.25, 0.3) is 0 Å². The van der Waals surface area contributed by atoms with E-state index in [1.807, 2.05) is 4.90 Å². The summed E-state index contributed by atoms with van der Waals surface area (Å²) < 4.78 is 4.99. The molecule has 1 fully saturated rings. The van der Waals surface area contributed by atoms with Crippen LogP contribution in [0.5, 0.6) is 0 Å². The summed E-state index contributed by atoms with van der Waals surface area (Å²) in [5.41, 5.74) is 5.46. The zero-order chi connectivity index (χ0) is 12.0. The van der Waals surface area contributed by atoms with E-state index in [1.165, 1.54) is 0 Å². The van der Waals surface area contributed by atoms with E-state index >= 15 is 0 Å². The van der Waals surface area contributed by atoms with E-state index in [1.54, 1.807) is 7.11 Å². The molecule has 1 saturated carbocycles. The summed E-state index contributed by atoms with van der Waals surface area (Å²) in [6.45, 7) is 2.07. The standard InChI is InChI=1S/C11H20N2O2S/c1-15-8-2-6-13(7-5-10(12)16)11(14)9-3-4-9/h9H,2-8H2,1H3,(H2,12,16). The summed E-state index contributed by atoms with van der Waals surface area (Å²) in [5.74, 6) is 0.515. The van der Waals surface area contributed by atoms with Crippen LogP contribution < -0.4 is 5.73 Å². The van der Waals surface area contributed by atoms with Crippen molar-refractivity contribution in [2.75, 3.05) is 26.8 Å². The van der Waals surface area contributed by atoms with E-state index < -0.39 is 0 Å². The lowest BCUT2D eigenvalue weighted by molar-refractivity contribution is -0.132. The fourth-order valence-corrected chi connectivity index (χ4v) is 1.66. The Hall–Kier alpha value is -0.680. The Morgan fingerprint density at radius 2 is 2.19 bits per heavy atom. The van der Waals surface area contributed by atoms with Gasteiger partial charge in [-0.25, -0.2) is 0 Å². The van der Waals surface area contributed by atoms with Crippen molar-refractivity contribution in [3.63, 3.8) is 0 Å². The lowest BCUT2D eigenvalue weighted by Crippen LogP contribution is -2.36. The van der Waals surface area contributed by atoms with Crippen LogP contribution in [0.1, 0.15) is 25.7 Å². The van der Waals surface area contributed by atoms with Gasteiger partial charge in [-0.3, -0.25) is 4.79 Å². The van der Waals surface area contributed by atoms with Gasteiger partial charge < -0.3 is 15.4 Å². The second kappa shape index (κ2) is 6.81. The average molecular weight is 244 g/mol. The zero-order valence-electron chi connectivity index (χ0n) is 9.78. The molecule has 1 rings (SSSR count). The molecular formula is C11H20N2O2S. The maximum atomic E-state index is 11.9. The van der Waals surface area contributed by atoms with Crippen LogP contribution in [0.15, 0.2) is 0 Å². The maximum absolute atomic E-state index is 11.9. The first-order valence-corrected chi connectivity index (χ1v) is 6.12. The lowest BCUT2D eigenvalue weighted by atomic mass is 10.3. The van der Waals surface area contributed by atoms with Crippen LogP contribution in [-0.4, -0.2) is 42.6 Å². The molecule has 0 aliphatic heterocycles. The van der Waals surface area contributed by atoms with Gasteiger partial charge in [-0.2, -0.15) is 0 Å². The van der Waals surface area contributed by atoms with Crippen LogP contribution in [-0.2, 0) is 9.53 Å². The highest BCUT2D eigenvalue weighted by Crippen LogP contribution is 2.31. The average Bonchev–Trinajstić information content (AvgIpc) is 3.05. The first-order chi connectivity index (χ1) is 7.65. The van der Waals surface area contributed by atoms with Crippen molar-refractivity contribution in [2.24, 2.45) is 11.7 Å². The summed E-state index contributed by atoms with van der Waals surface area (Å²) >= 11 is 4.83. The van der Waals surface area contributed by atoms with E-state index in [2.05, 4.69) is 0 Å². The van der Waals surface area contributed by atoms with Crippen LogP contribution in [0.2, 0.25) is 0 Å². The second-order valence-corrected chi connectivity index (χ2v) is 4.69. The number of nitrogens with two attached hydrogens (primary N) is 1. The molecule has 5 heteroatoms. The largest absolute Gasteiger partial charge is 0.393 e. The Morgan fingerprint density at radius 3 is 2.69 bits per heavy atom. The molecule has 0 heterocycles. The summed E-state index contributed by atoms with van der Waals surface area (Å²) in [5, 5.41) is 0. The Morgan fingerprint density at radius 1 is 1.50 bits per heavy atom. The van der Waals surface area contributed by atoms with Crippen LogP contribution in [0, 0.1) is 5.92 Å². The predicted octanol–water partition coefficient (Wildman–Crippen LogP) is 0.938. The number of rotatable bonds is 8. The molecule has 4 nitrogen and oxygen atoms in total. The molecule has 2 N–H and O–H groups in total. The Labute approximate surface area is 102 Å². The number of hydrogen-bond donors (Lipinski definition) is 1. The fourth-order valence-electron chi connectivity index (χ4n) is 1.57. The number of nitrogens with zero attached hydrogens (tertiary/aromatic N) is 1. The van der Waals surface area contributed by atoms with Gasteiger partial charge in [-0.05, 0) is 19.3 Å². The summed E-state index contributed by atoms with van der Waals surface area (Å²) in [6.07, 6.45) is 3.55. The van der Waals surface area contributed by atoms with Crippen molar-refractivity contribution in [1.29, 1.82) is 0 Å². The van der Waals surface area contributed by atoms with Gasteiger partial charge in [0, 0.05) is 39.1 Å². The zero-order valence-corrected chi connectivity index (χ0v) is 10.6. The van der Waals surface area contributed by atoms with Gasteiger partial charge in [-0.15, -0.1) is 0 Å². The van der Waals surface area contributed by atoms with Gasteiger partial charge in [0.15, 0.2) is 0 Å². The van der Waals surface area contributed by atoms with Crippen LogP contribution in [0.3, 0.4) is 0 Å². The van der Waals surface area contributed by atoms with E-state index in [4.69, 9.17) is 22.7 Å². The monoisotopic (exact) mass is 244 g/mol. The third-order valence-corrected chi connectivity index (χ3v) is 2.85. The Kier molecular flexibility index (Phi) is 5.69. The molecule has 0 radical (unpaired) electrons. The van der Waals surface area contributed by atoms with Gasteiger partial charge in [-0.1, -0.05) is 12.2 Å². The first-order valence-electron chi connectivity index (χ1n) is 5.71. The van der Waals surface area contributed by atoms with Crippen LogP contribution in [0.25, 0.3) is 0 Å². The van der Waals surface area contributed by atoms with E-state index in [0.29, 0.717) is 24.6 Å². The van der Waals surface area contributed by atoms with Crippen molar-refractivity contribution in [3.05, 3.63) is 0 Å². The maximum Gasteiger partial charge on any atom is 0.225 e. The molecule has 0 bridgehead atoms. The third kappa shape index (κ3) is 4.90. The van der Waals surface area contributed by atoms with Crippen LogP contribution in [0.4, 0.5) is 0 Å². The number of carbonyl (C=O) groups excluding carboxylic acids is 1. The topological polar surface area (TPSA) is 55.6 Å². The van der Waals surface area contributed by atoms with Gasteiger partial charge in [0.05, 0.1) is 4.99 Å². The minimum atomic E-state index is 0.257. The Bertz CT molecular complexity index is 254. The second-order valence-electron chi connectivity index (χ2n) is 4.16. The molecule has 0 atom stereocenters. The summed E-state index contributed by atoms with van der Waals surface area (Å²) in [6, 6.07) is 0. The molecule has 1 amide bonds. The molecule has 0 spiro atoms. The molecule has 0 aromatic heterocycles. The minimum absolute atomic E-state index is 0.257. The molecule has 0 aromatic carbocycles. The smallest absolute Gasteiger partial charge is 0.225 e. The highest BCUT2D eigenvalue weighted by molar-refractivity contribution is 7.80. The van der Waals surface area contributed by atoms with Crippen LogP contribution >= 0.6 is 12.2 Å². The number of hydrogen-bond acceptors (Lipinski definition) is 3. The highest BCUT2D eigenvalue weighted by atomic mass is 32.1. The summed E-state index contributed by atoms with van der Waals surface area (Å²) in [7, 11) is 1.67. The molecule has 0 aromatic rings. The molecule has 1 aliphatic rings. The van der Waals surface area contributed by atoms with Gasteiger partial charge in [0.2, 0.25) is 5.91 Å². The third-order valence-electron chi connectivity index (χ3n) is 2.64. The molecule has 0 saturated heterocycles. The van der Waals surface area contributed by atoms with Gasteiger partial charge >= 0.3 is 0 Å². The lowest BCUT2D eigenvalue weighted by Gasteiger charge is -2.22. The highest BCUT2D eigenvalue weighted by Gasteiger charge is 2.32. The van der Waals surface area contributed by atoms with Crippen molar-refractivity contribution in [1.82, 2.24) is 4.90 Å². The number of ether oxygens (including phenoxy) is 1. The SMILES string of the molecule is COCCCN(CCC(N)=S)C(=O)C1CC1. The molecular weight excluding hydrogens is 224 g/mol. The molecule has 1 aliphatic carbocycles. The number of thiocarbonyl (C=S) groups is 1. The van der Waals surface area contributed by atoms with Crippen molar-refractivity contribution >= 4 is 23.1 Å². The molecule has 92 valence electrons. The normalized spacial score (nSPS) is 14.8. The van der Waals surface area contributed by atoms with E-state index in [0.717, 1.165) is 25.8 Å². The molecule has 16 heavy (non-hydrogen) atoms. The number of carbonyl (C=O) groups is 1. The number of amides is 1. The molecule has 0 unspecified atom stereocenters. The fraction of sp³-hybridized carbons (Fsp3) is 0.818. The van der Waals surface area contributed by atoms with Crippen molar-refractivity contribution < 1.29 is 9.53 Å².